The molecule has 1 N–H and O–H groups in total. The van der Waals surface area contributed by atoms with E-state index in [0.717, 1.165) is 39.0 Å². The molecule has 0 aromatic rings. The molecule has 1 fully saturated rings. The molecule has 0 bridgehead atoms. The Morgan fingerprint density at radius 2 is 2.29 bits per heavy atom. The Labute approximate surface area is 104 Å². The van der Waals surface area contributed by atoms with Gasteiger partial charge in [0.25, 0.3) is 0 Å². The predicted octanol–water partition coefficient (Wildman–Crippen LogP) is 1.85. The fourth-order valence-electron chi connectivity index (χ4n) is 2.86. The van der Waals surface area contributed by atoms with E-state index in [1.54, 1.807) is 7.11 Å². The summed E-state index contributed by atoms with van der Waals surface area (Å²) in [5, 5.41) is 9.40. The molecule has 1 saturated heterocycles. The van der Waals surface area contributed by atoms with Gasteiger partial charge in [-0.05, 0) is 25.3 Å². The van der Waals surface area contributed by atoms with Crippen LogP contribution in [0, 0.1) is 11.3 Å². The fraction of sp³-hybridized carbons (Fsp3) is 0.923. The molecule has 1 heterocycles. The van der Waals surface area contributed by atoms with Crippen LogP contribution in [0.15, 0.2) is 0 Å². The minimum atomic E-state index is -0.624. The summed E-state index contributed by atoms with van der Waals surface area (Å²) in [7, 11) is 1.71. The van der Waals surface area contributed by atoms with Crippen LogP contribution in [0.25, 0.3) is 0 Å². The molecule has 0 aromatic heterocycles. The molecule has 0 aromatic carbocycles. The average molecular weight is 243 g/mol. The summed E-state index contributed by atoms with van der Waals surface area (Å²) >= 11 is 0. The van der Waals surface area contributed by atoms with Gasteiger partial charge in [-0.3, -0.25) is 4.79 Å². The maximum atomic E-state index is 11.4. The minimum absolute atomic E-state index is 0.464. The molecule has 0 amide bonds. The Hall–Kier alpha value is -0.610. The van der Waals surface area contributed by atoms with Crippen LogP contribution in [0.4, 0.5) is 0 Å². The summed E-state index contributed by atoms with van der Waals surface area (Å²) < 4.78 is 5.12. The fourth-order valence-corrected chi connectivity index (χ4v) is 2.86. The largest absolute Gasteiger partial charge is 0.481 e. The van der Waals surface area contributed by atoms with Crippen LogP contribution in [-0.2, 0) is 9.53 Å². The lowest BCUT2D eigenvalue weighted by Crippen LogP contribution is -2.36. The maximum Gasteiger partial charge on any atom is 0.310 e. The summed E-state index contributed by atoms with van der Waals surface area (Å²) in [6, 6.07) is 0. The van der Waals surface area contributed by atoms with E-state index in [-0.39, 0.29) is 0 Å². The van der Waals surface area contributed by atoms with Crippen molar-refractivity contribution in [2.75, 3.05) is 33.4 Å². The van der Waals surface area contributed by atoms with Gasteiger partial charge in [0.05, 0.1) is 5.41 Å². The molecular weight excluding hydrogens is 218 g/mol. The SMILES string of the molecule is CCCC1(C(=O)O)CCN(CC(C)COC)C1. The molecule has 0 radical (unpaired) electrons. The first-order chi connectivity index (χ1) is 8.04. The average Bonchev–Trinajstić information content (AvgIpc) is 2.63. The summed E-state index contributed by atoms with van der Waals surface area (Å²) in [5.41, 5.74) is -0.498. The second-order valence-electron chi connectivity index (χ2n) is 5.38. The molecule has 0 aliphatic carbocycles. The van der Waals surface area contributed by atoms with Gasteiger partial charge in [0.1, 0.15) is 0 Å². The third-order valence-electron chi connectivity index (χ3n) is 3.64. The smallest absolute Gasteiger partial charge is 0.310 e. The molecule has 0 spiro atoms. The standard InChI is InChI=1S/C13H25NO3/c1-4-5-13(12(15)16)6-7-14(10-13)8-11(2)9-17-3/h11H,4-10H2,1-3H3,(H,15,16). The molecular formula is C13H25NO3. The van der Waals surface area contributed by atoms with E-state index in [9.17, 15) is 9.90 Å². The Bertz CT molecular complexity index is 257. The zero-order valence-electron chi connectivity index (χ0n) is 11.2. The molecule has 1 aliphatic rings. The summed E-state index contributed by atoms with van der Waals surface area (Å²) in [6.07, 6.45) is 2.52. The molecule has 0 saturated carbocycles. The van der Waals surface area contributed by atoms with Crippen molar-refractivity contribution in [1.82, 2.24) is 4.90 Å². The van der Waals surface area contributed by atoms with Crippen LogP contribution in [0.1, 0.15) is 33.1 Å². The third kappa shape index (κ3) is 3.68. The third-order valence-corrected chi connectivity index (χ3v) is 3.64. The molecule has 4 heteroatoms. The van der Waals surface area contributed by atoms with Crippen LogP contribution in [0.5, 0.6) is 0 Å². The highest BCUT2D eigenvalue weighted by Crippen LogP contribution is 2.35. The highest BCUT2D eigenvalue weighted by Gasteiger charge is 2.43. The second-order valence-corrected chi connectivity index (χ2v) is 5.38. The number of hydrogen-bond donors (Lipinski definition) is 1. The number of carbonyl (C=O) groups is 1. The van der Waals surface area contributed by atoms with Gasteiger partial charge in [0.15, 0.2) is 0 Å². The van der Waals surface area contributed by atoms with Crippen LogP contribution in [0.2, 0.25) is 0 Å². The van der Waals surface area contributed by atoms with Crippen molar-refractivity contribution < 1.29 is 14.6 Å². The van der Waals surface area contributed by atoms with Crippen LogP contribution in [0.3, 0.4) is 0 Å². The minimum Gasteiger partial charge on any atom is -0.481 e. The van der Waals surface area contributed by atoms with Gasteiger partial charge in [-0.2, -0.15) is 0 Å². The van der Waals surface area contributed by atoms with E-state index in [1.807, 2.05) is 0 Å². The number of rotatable bonds is 7. The first-order valence-electron chi connectivity index (χ1n) is 6.48. The molecule has 1 rings (SSSR count). The highest BCUT2D eigenvalue weighted by molar-refractivity contribution is 5.75. The number of likely N-dealkylation sites (tertiary alicyclic amines) is 1. The van der Waals surface area contributed by atoms with Gasteiger partial charge in [0.2, 0.25) is 0 Å². The molecule has 2 unspecified atom stereocenters. The van der Waals surface area contributed by atoms with Crippen molar-refractivity contribution in [3.8, 4) is 0 Å². The quantitative estimate of drug-likeness (QED) is 0.741. The molecule has 17 heavy (non-hydrogen) atoms. The van der Waals surface area contributed by atoms with Crippen molar-refractivity contribution in [2.45, 2.75) is 33.1 Å². The van der Waals surface area contributed by atoms with Gasteiger partial charge >= 0.3 is 5.97 Å². The number of methoxy groups -OCH3 is 1. The summed E-state index contributed by atoms with van der Waals surface area (Å²) in [5.74, 6) is -0.160. The number of nitrogens with zero attached hydrogens (tertiary/aromatic N) is 1. The van der Waals surface area contributed by atoms with Gasteiger partial charge in [-0.1, -0.05) is 20.3 Å². The lowest BCUT2D eigenvalue weighted by molar-refractivity contribution is -0.148. The van der Waals surface area contributed by atoms with Crippen LogP contribution < -0.4 is 0 Å². The van der Waals surface area contributed by atoms with Crippen molar-refractivity contribution in [2.24, 2.45) is 11.3 Å². The van der Waals surface area contributed by atoms with Gasteiger partial charge in [-0.15, -0.1) is 0 Å². The Balaban J connectivity index is 2.51. The van der Waals surface area contributed by atoms with Crippen LogP contribution >= 0.6 is 0 Å². The normalized spacial score (nSPS) is 27.2. The van der Waals surface area contributed by atoms with Crippen LogP contribution in [-0.4, -0.2) is 49.3 Å². The number of aliphatic carboxylic acids is 1. The lowest BCUT2D eigenvalue weighted by Gasteiger charge is -2.25. The second kappa shape index (κ2) is 6.36. The van der Waals surface area contributed by atoms with E-state index in [4.69, 9.17) is 4.74 Å². The van der Waals surface area contributed by atoms with Gasteiger partial charge in [-0.25, -0.2) is 0 Å². The number of hydrogen-bond acceptors (Lipinski definition) is 3. The number of ether oxygens (including phenoxy) is 1. The maximum absolute atomic E-state index is 11.4. The monoisotopic (exact) mass is 243 g/mol. The van der Waals surface area contributed by atoms with Crippen molar-refractivity contribution in [3.63, 3.8) is 0 Å². The van der Waals surface area contributed by atoms with Gasteiger partial charge in [0, 0.05) is 26.8 Å². The zero-order valence-corrected chi connectivity index (χ0v) is 11.2. The highest BCUT2D eigenvalue weighted by atomic mass is 16.5. The van der Waals surface area contributed by atoms with Crippen molar-refractivity contribution in [3.05, 3.63) is 0 Å². The Morgan fingerprint density at radius 3 is 2.82 bits per heavy atom. The molecule has 1 aliphatic heterocycles. The molecule has 2 atom stereocenters. The topological polar surface area (TPSA) is 49.8 Å². The molecule has 100 valence electrons. The van der Waals surface area contributed by atoms with Crippen molar-refractivity contribution >= 4 is 5.97 Å². The zero-order chi connectivity index (χ0) is 12.9. The van der Waals surface area contributed by atoms with E-state index >= 15 is 0 Å². The Morgan fingerprint density at radius 1 is 1.59 bits per heavy atom. The summed E-state index contributed by atoms with van der Waals surface area (Å²) in [6.45, 7) is 7.48. The number of carboxylic acid groups (broad SMARTS) is 1. The van der Waals surface area contributed by atoms with Gasteiger partial charge < -0.3 is 14.7 Å². The summed E-state index contributed by atoms with van der Waals surface area (Å²) in [4.78, 5) is 13.7. The number of carboxylic acids is 1. The first kappa shape index (κ1) is 14.5. The first-order valence-corrected chi connectivity index (χ1v) is 6.48. The van der Waals surface area contributed by atoms with E-state index in [0.29, 0.717) is 12.5 Å². The van der Waals surface area contributed by atoms with E-state index in [2.05, 4.69) is 18.7 Å². The lowest BCUT2D eigenvalue weighted by atomic mass is 9.83. The van der Waals surface area contributed by atoms with Crippen molar-refractivity contribution in [1.29, 1.82) is 0 Å². The van der Waals surface area contributed by atoms with E-state index < -0.39 is 11.4 Å². The molecule has 4 nitrogen and oxygen atoms in total. The predicted molar refractivity (Wildman–Crippen MR) is 67.1 cm³/mol. The Kier molecular flexibility index (Phi) is 5.40. The van der Waals surface area contributed by atoms with E-state index in [1.165, 1.54) is 0 Å².